The van der Waals surface area contributed by atoms with Crippen LogP contribution in [0.5, 0.6) is 0 Å². The van der Waals surface area contributed by atoms with Gasteiger partial charge in [-0.25, -0.2) is 0 Å². The minimum absolute atomic E-state index is 0.420. The van der Waals surface area contributed by atoms with Gasteiger partial charge in [0.15, 0.2) is 0 Å². The Morgan fingerprint density at radius 1 is 1.29 bits per heavy atom. The average molecular weight is 186 g/mol. The van der Waals surface area contributed by atoms with Gasteiger partial charge in [0, 0.05) is 5.57 Å². The Morgan fingerprint density at radius 2 is 1.93 bits per heavy atom. The van der Waals surface area contributed by atoms with Crippen LogP contribution in [0.4, 0.5) is 0 Å². The molecule has 0 bridgehead atoms. The molecule has 1 radical (unpaired) electrons. The quantitative estimate of drug-likeness (QED) is 0.528. The van der Waals surface area contributed by atoms with Gasteiger partial charge in [0.05, 0.1) is 0 Å². The average Bonchev–Trinajstić information content (AvgIpc) is 2.19. The molecule has 1 aromatic rings. The van der Waals surface area contributed by atoms with Gasteiger partial charge in [-0.3, -0.25) is 10.5 Å². The summed E-state index contributed by atoms with van der Waals surface area (Å²) < 4.78 is 0. The van der Waals surface area contributed by atoms with Crippen molar-refractivity contribution in [3.63, 3.8) is 0 Å². The zero-order valence-electron chi connectivity index (χ0n) is 8.03. The molecule has 0 fully saturated rings. The van der Waals surface area contributed by atoms with Crippen LogP contribution >= 0.6 is 0 Å². The molecule has 2 heteroatoms. The molecule has 0 aliphatic carbocycles. The second-order valence-electron chi connectivity index (χ2n) is 2.80. The van der Waals surface area contributed by atoms with Crippen LogP contribution in [0.25, 0.3) is 5.57 Å². The topological polar surface area (TPSA) is 40.9 Å². The summed E-state index contributed by atoms with van der Waals surface area (Å²) in [4.78, 5) is 11.0. The first-order valence-corrected chi connectivity index (χ1v) is 4.40. The zero-order chi connectivity index (χ0) is 10.4. The van der Waals surface area contributed by atoms with Crippen LogP contribution in [0.2, 0.25) is 0 Å². The van der Waals surface area contributed by atoms with Crippen molar-refractivity contribution in [2.24, 2.45) is 0 Å². The van der Waals surface area contributed by atoms with Gasteiger partial charge >= 0.3 is 0 Å². The van der Waals surface area contributed by atoms with Gasteiger partial charge in [0.2, 0.25) is 0 Å². The third-order valence-corrected chi connectivity index (χ3v) is 1.78. The highest BCUT2D eigenvalue weighted by Crippen LogP contribution is 2.13. The summed E-state index contributed by atoms with van der Waals surface area (Å²) in [6.07, 6.45) is 5.24. The van der Waals surface area contributed by atoms with Crippen molar-refractivity contribution in [1.82, 2.24) is 5.73 Å². The van der Waals surface area contributed by atoms with Gasteiger partial charge in [-0.2, -0.15) is 0 Å². The molecule has 1 amide bonds. The van der Waals surface area contributed by atoms with Crippen molar-refractivity contribution < 1.29 is 4.79 Å². The minimum atomic E-state index is -0.658. The normalized spacial score (nSPS) is 11.9. The van der Waals surface area contributed by atoms with E-state index in [1.54, 1.807) is 12.2 Å². The second kappa shape index (κ2) is 5.02. The van der Waals surface area contributed by atoms with E-state index in [0.29, 0.717) is 5.57 Å². The van der Waals surface area contributed by atoms with Crippen molar-refractivity contribution in [2.75, 3.05) is 0 Å². The SMILES string of the molecule is CC=CC=C(C([NH])=O)c1ccccc1. The largest absolute Gasteiger partial charge is 0.270 e. The monoisotopic (exact) mass is 186 g/mol. The molecule has 2 nitrogen and oxygen atoms in total. The second-order valence-corrected chi connectivity index (χ2v) is 2.80. The van der Waals surface area contributed by atoms with Gasteiger partial charge in [0.1, 0.15) is 0 Å². The molecule has 1 rings (SSSR count). The summed E-state index contributed by atoms with van der Waals surface area (Å²) in [7, 11) is 0. The Bertz CT molecular complexity index is 363. The third kappa shape index (κ3) is 2.59. The number of hydrogen-bond donors (Lipinski definition) is 0. The van der Waals surface area contributed by atoms with Crippen LogP contribution in [0.1, 0.15) is 12.5 Å². The Labute approximate surface area is 83.7 Å². The lowest BCUT2D eigenvalue weighted by Crippen LogP contribution is -2.01. The molecule has 0 unspecified atom stereocenters. The lowest BCUT2D eigenvalue weighted by molar-refractivity contribution is -0.113. The van der Waals surface area contributed by atoms with Crippen molar-refractivity contribution >= 4 is 11.5 Å². The smallest absolute Gasteiger partial charge is 0.267 e. The zero-order valence-corrected chi connectivity index (χ0v) is 8.03. The highest BCUT2D eigenvalue weighted by Gasteiger charge is 2.06. The Kier molecular flexibility index (Phi) is 3.68. The number of carbonyl (C=O) groups is 1. The number of rotatable bonds is 3. The van der Waals surface area contributed by atoms with E-state index in [-0.39, 0.29) is 0 Å². The van der Waals surface area contributed by atoms with E-state index in [4.69, 9.17) is 5.73 Å². The molecular weight excluding hydrogens is 174 g/mol. The predicted molar refractivity (Wildman–Crippen MR) is 57.3 cm³/mol. The fourth-order valence-corrected chi connectivity index (χ4v) is 1.11. The molecule has 0 heterocycles. The highest BCUT2D eigenvalue weighted by molar-refractivity contribution is 6.18. The highest BCUT2D eigenvalue weighted by atomic mass is 16.1. The number of carbonyl (C=O) groups excluding carboxylic acids is 1. The Hall–Kier alpha value is -1.83. The fourth-order valence-electron chi connectivity index (χ4n) is 1.11. The molecule has 0 aliphatic heterocycles. The first-order chi connectivity index (χ1) is 6.75. The van der Waals surface area contributed by atoms with Crippen LogP contribution in [0, 0.1) is 0 Å². The molecule has 14 heavy (non-hydrogen) atoms. The number of allylic oxidation sites excluding steroid dienone is 3. The molecule has 0 saturated heterocycles. The van der Waals surface area contributed by atoms with Gasteiger partial charge < -0.3 is 0 Å². The summed E-state index contributed by atoms with van der Waals surface area (Å²) in [5.41, 5.74) is 8.31. The Morgan fingerprint density at radius 3 is 2.43 bits per heavy atom. The van der Waals surface area contributed by atoms with Gasteiger partial charge in [-0.05, 0) is 18.6 Å². The molecule has 1 aromatic carbocycles. The van der Waals surface area contributed by atoms with Crippen LogP contribution in [0.3, 0.4) is 0 Å². The van der Waals surface area contributed by atoms with E-state index in [9.17, 15) is 4.79 Å². The van der Waals surface area contributed by atoms with E-state index < -0.39 is 5.91 Å². The van der Waals surface area contributed by atoms with Crippen molar-refractivity contribution in [2.45, 2.75) is 6.92 Å². The van der Waals surface area contributed by atoms with Crippen LogP contribution < -0.4 is 5.73 Å². The predicted octanol–water partition coefficient (Wildman–Crippen LogP) is 2.46. The van der Waals surface area contributed by atoms with Crippen molar-refractivity contribution in [1.29, 1.82) is 0 Å². The van der Waals surface area contributed by atoms with E-state index in [1.165, 1.54) is 0 Å². The summed E-state index contributed by atoms with van der Waals surface area (Å²) in [5, 5.41) is 0. The molecule has 0 atom stereocenters. The van der Waals surface area contributed by atoms with Gasteiger partial charge in [-0.15, -0.1) is 0 Å². The number of nitrogens with one attached hydrogen (secondary N) is 1. The molecule has 0 aromatic heterocycles. The van der Waals surface area contributed by atoms with E-state index in [0.717, 1.165) is 5.56 Å². The minimum Gasteiger partial charge on any atom is -0.267 e. The lowest BCUT2D eigenvalue weighted by atomic mass is 10.1. The molecule has 1 N–H and O–H groups in total. The maximum absolute atomic E-state index is 11.0. The Balaban J connectivity index is 3.07. The van der Waals surface area contributed by atoms with Crippen LogP contribution in [-0.4, -0.2) is 5.91 Å². The van der Waals surface area contributed by atoms with Gasteiger partial charge in [0.25, 0.3) is 5.91 Å². The number of benzene rings is 1. The van der Waals surface area contributed by atoms with Gasteiger partial charge in [-0.1, -0.05) is 42.5 Å². The summed E-state index contributed by atoms with van der Waals surface area (Å²) in [6, 6.07) is 9.22. The maximum Gasteiger partial charge on any atom is 0.270 e. The van der Waals surface area contributed by atoms with Crippen molar-refractivity contribution in [3.05, 3.63) is 54.1 Å². The standard InChI is InChI=1S/C12H12NO/c1-2-3-9-11(12(13)14)10-7-5-4-6-8-10/h2-9,13H,1H3. The first-order valence-electron chi connectivity index (χ1n) is 4.40. The van der Waals surface area contributed by atoms with E-state index in [1.807, 2.05) is 43.3 Å². The number of hydrogen-bond acceptors (Lipinski definition) is 1. The third-order valence-electron chi connectivity index (χ3n) is 1.78. The summed E-state index contributed by atoms with van der Waals surface area (Å²) in [5.74, 6) is -0.658. The molecule has 0 saturated carbocycles. The van der Waals surface area contributed by atoms with Crippen LogP contribution in [-0.2, 0) is 4.79 Å². The maximum atomic E-state index is 11.0. The first kappa shape index (κ1) is 10.3. The van der Waals surface area contributed by atoms with Crippen LogP contribution in [0.15, 0.2) is 48.6 Å². The van der Waals surface area contributed by atoms with E-state index in [2.05, 4.69) is 0 Å². The summed E-state index contributed by atoms with van der Waals surface area (Å²) >= 11 is 0. The molecule has 0 spiro atoms. The fraction of sp³-hybridized carbons (Fsp3) is 0.0833. The van der Waals surface area contributed by atoms with Crippen molar-refractivity contribution in [3.8, 4) is 0 Å². The molecular formula is C12H12NO. The van der Waals surface area contributed by atoms with E-state index >= 15 is 0 Å². The molecule has 71 valence electrons. The number of amides is 1. The summed E-state index contributed by atoms with van der Waals surface area (Å²) in [6.45, 7) is 1.87. The lowest BCUT2D eigenvalue weighted by Gasteiger charge is -2.00. The molecule has 0 aliphatic rings.